The van der Waals surface area contributed by atoms with Crippen LogP contribution in [0.4, 0.5) is 0 Å². The monoisotopic (exact) mass is 403 g/mol. The molecule has 3 heterocycles. The number of nitrogens with one attached hydrogen (secondary N) is 2. The average Bonchev–Trinajstić information content (AvgIpc) is 3.37. The third-order valence-electron chi connectivity index (χ3n) is 5.85. The molecule has 1 aliphatic heterocycles. The Balaban J connectivity index is 1.18. The molecule has 2 aromatic heterocycles. The predicted molar refractivity (Wildman–Crippen MR) is 117 cm³/mol. The number of carbonyl (C=O) groups is 1. The van der Waals surface area contributed by atoms with E-state index in [4.69, 9.17) is 4.74 Å². The highest BCUT2D eigenvalue weighted by molar-refractivity contribution is 5.89. The number of carbonyl (C=O) groups excluding carboxylic acids is 1. The lowest BCUT2D eigenvalue weighted by Crippen LogP contribution is -2.48. The Morgan fingerprint density at radius 1 is 1.10 bits per heavy atom. The van der Waals surface area contributed by atoms with Crippen molar-refractivity contribution in [1.29, 1.82) is 0 Å². The van der Waals surface area contributed by atoms with Gasteiger partial charge in [-0.15, -0.1) is 0 Å². The number of ether oxygens (including phenoxy) is 1. The number of imidazole rings is 1. The number of hydrogen-bond donors (Lipinski definition) is 2. The second-order valence-corrected chi connectivity index (χ2v) is 7.76. The van der Waals surface area contributed by atoms with Crippen LogP contribution in [0.1, 0.15) is 11.4 Å². The molecule has 7 nitrogen and oxygen atoms in total. The van der Waals surface area contributed by atoms with Crippen molar-refractivity contribution in [2.24, 2.45) is 0 Å². The molecule has 0 aliphatic carbocycles. The zero-order valence-electron chi connectivity index (χ0n) is 17.0. The Bertz CT molecular complexity index is 1190. The van der Waals surface area contributed by atoms with Crippen LogP contribution in [0.2, 0.25) is 0 Å². The second kappa shape index (κ2) is 7.84. The van der Waals surface area contributed by atoms with E-state index >= 15 is 0 Å². The summed E-state index contributed by atoms with van der Waals surface area (Å²) in [5.74, 6) is 1.95. The summed E-state index contributed by atoms with van der Waals surface area (Å²) in [5, 5.41) is 1.13. The number of para-hydroxylation sites is 1. The van der Waals surface area contributed by atoms with Gasteiger partial charge in [-0.3, -0.25) is 9.69 Å². The summed E-state index contributed by atoms with van der Waals surface area (Å²) >= 11 is 0. The fourth-order valence-corrected chi connectivity index (χ4v) is 4.16. The number of amides is 1. The summed E-state index contributed by atoms with van der Waals surface area (Å²) in [6.07, 6.45) is 2.39. The highest BCUT2D eigenvalue weighted by Crippen LogP contribution is 2.21. The molecule has 154 valence electrons. The first kappa shape index (κ1) is 18.7. The molecule has 0 unspecified atom stereocenters. The van der Waals surface area contributed by atoms with E-state index in [2.05, 4.69) is 25.9 Å². The van der Waals surface area contributed by atoms with Gasteiger partial charge in [0.05, 0.1) is 31.1 Å². The van der Waals surface area contributed by atoms with E-state index in [9.17, 15) is 4.79 Å². The van der Waals surface area contributed by atoms with Crippen LogP contribution in [0.3, 0.4) is 0 Å². The average molecular weight is 403 g/mol. The maximum absolute atomic E-state index is 12.8. The summed E-state index contributed by atoms with van der Waals surface area (Å²) in [6.45, 7) is 3.94. The van der Waals surface area contributed by atoms with Gasteiger partial charge < -0.3 is 19.6 Å². The van der Waals surface area contributed by atoms with Gasteiger partial charge in [0.2, 0.25) is 5.91 Å². The largest absolute Gasteiger partial charge is 0.497 e. The van der Waals surface area contributed by atoms with Crippen molar-refractivity contribution in [3.05, 3.63) is 60.0 Å². The quantitative estimate of drug-likeness (QED) is 0.537. The van der Waals surface area contributed by atoms with Crippen LogP contribution in [-0.2, 0) is 17.8 Å². The van der Waals surface area contributed by atoms with Crippen LogP contribution in [0.5, 0.6) is 5.75 Å². The number of H-pyrrole nitrogens is 2. The number of rotatable bonds is 5. The normalized spacial score (nSPS) is 15.2. The van der Waals surface area contributed by atoms with Crippen LogP contribution < -0.4 is 4.74 Å². The van der Waals surface area contributed by atoms with E-state index in [1.54, 1.807) is 7.11 Å². The van der Waals surface area contributed by atoms with E-state index in [0.29, 0.717) is 6.42 Å². The second-order valence-electron chi connectivity index (χ2n) is 7.76. The van der Waals surface area contributed by atoms with Gasteiger partial charge in [-0.25, -0.2) is 4.98 Å². The molecule has 7 heteroatoms. The Labute approximate surface area is 174 Å². The summed E-state index contributed by atoms with van der Waals surface area (Å²) in [6, 6.07) is 14.0. The highest BCUT2D eigenvalue weighted by atomic mass is 16.5. The van der Waals surface area contributed by atoms with Gasteiger partial charge >= 0.3 is 0 Å². The molecule has 2 aromatic carbocycles. The van der Waals surface area contributed by atoms with Gasteiger partial charge in [-0.1, -0.05) is 18.2 Å². The van der Waals surface area contributed by atoms with Crippen LogP contribution in [-0.4, -0.2) is 63.9 Å². The maximum atomic E-state index is 12.8. The molecule has 0 atom stereocenters. The lowest BCUT2D eigenvalue weighted by Gasteiger charge is -2.34. The van der Waals surface area contributed by atoms with E-state index in [1.165, 1.54) is 0 Å². The number of aromatic nitrogens is 3. The number of aromatic amines is 2. The molecular weight excluding hydrogens is 378 g/mol. The van der Waals surface area contributed by atoms with Crippen molar-refractivity contribution < 1.29 is 9.53 Å². The Kier molecular flexibility index (Phi) is 4.88. The standard InChI is InChI=1S/C23H25N5O2/c1-30-17-6-7-20-21(13-17)26-22(25-20)15-27-8-10-28(11-9-27)23(29)12-16-14-24-19-5-3-2-4-18(16)19/h2-7,13-14,24H,8-12,15H2,1H3,(H,25,26). The molecule has 1 amide bonds. The predicted octanol–water partition coefficient (Wildman–Crippen LogP) is 2.94. The fraction of sp³-hybridized carbons (Fsp3) is 0.304. The topological polar surface area (TPSA) is 77.2 Å². The minimum absolute atomic E-state index is 0.190. The van der Waals surface area contributed by atoms with Crippen molar-refractivity contribution in [1.82, 2.24) is 24.8 Å². The number of fused-ring (bicyclic) bond motifs is 2. The molecule has 5 rings (SSSR count). The summed E-state index contributed by atoms with van der Waals surface area (Å²) in [7, 11) is 1.66. The molecule has 1 aliphatic rings. The third kappa shape index (κ3) is 3.64. The molecule has 2 N–H and O–H groups in total. The molecule has 0 bridgehead atoms. The van der Waals surface area contributed by atoms with Gasteiger partial charge in [0.15, 0.2) is 0 Å². The highest BCUT2D eigenvalue weighted by Gasteiger charge is 2.22. The van der Waals surface area contributed by atoms with E-state index < -0.39 is 0 Å². The smallest absolute Gasteiger partial charge is 0.227 e. The molecule has 0 radical (unpaired) electrons. The van der Waals surface area contributed by atoms with Crippen LogP contribution in [0, 0.1) is 0 Å². The Morgan fingerprint density at radius 3 is 2.77 bits per heavy atom. The molecular formula is C23H25N5O2. The van der Waals surface area contributed by atoms with E-state index in [-0.39, 0.29) is 5.91 Å². The minimum atomic E-state index is 0.190. The first-order valence-corrected chi connectivity index (χ1v) is 10.3. The Hall–Kier alpha value is -3.32. The number of benzene rings is 2. The van der Waals surface area contributed by atoms with Gasteiger partial charge in [0.25, 0.3) is 0 Å². The van der Waals surface area contributed by atoms with Crippen LogP contribution >= 0.6 is 0 Å². The fourth-order valence-electron chi connectivity index (χ4n) is 4.16. The van der Waals surface area contributed by atoms with Crippen molar-refractivity contribution in [2.45, 2.75) is 13.0 Å². The van der Waals surface area contributed by atoms with Crippen molar-refractivity contribution >= 4 is 27.8 Å². The minimum Gasteiger partial charge on any atom is -0.497 e. The van der Waals surface area contributed by atoms with E-state index in [1.807, 2.05) is 47.5 Å². The number of piperazine rings is 1. The first-order valence-electron chi connectivity index (χ1n) is 10.3. The zero-order valence-corrected chi connectivity index (χ0v) is 17.0. The lowest BCUT2D eigenvalue weighted by atomic mass is 10.1. The molecule has 1 saturated heterocycles. The molecule has 0 saturated carbocycles. The van der Waals surface area contributed by atoms with Crippen LogP contribution in [0.15, 0.2) is 48.7 Å². The van der Waals surface area contributed by atoms with Crippen molar-refractivity contribution in [3.8, 4) is 5.75 Å². The van der Waals surface area contributed by atoms with Crippen molar-refractivity contribution in [3.63, 3.8) is 0 Å². The van der Waals surface area contributed by atoms with Crippen molar-refractivity contribution in [2.75, 3.05) is 33.3 Å². The van der Waals surface area contributed by atoms with Gasteiger partial charge in [0, 0.05) is 49.3 Å². The molecule has 0 spiro atoms. The van der Waals surface area contributed by atoms with Gasteiger partial charge in [0.1, 0.15) is 11.6 Å². The summed E-state index contributed by atoms with van der Waals surface area (Å²) < 4.78 is 5.28. The maximum Gasteiger partial charge on any atom is 0.227 e. The lowest BCUT2D eigenvalue weighted by molar-refractivity contribution is -0.132. The number of hydrogen-bond acceptors (Lipinski definition) is 4. The number of nitrogens with zero attached hydrogens (tertiary/aromatic N) is 3. The van der Waals surface area contributed by atoms with Crippen LogP contribution in [0.25, 0.3) is 21.9 Å². The van der Waals surface area contributed by atoms with Gasteiger partial charge in [-0.2, -0.15) is 0 Å². The SMILES string of the molecule is COc1ccc2nc(CN3CCN(C(=O)Cc4c[nH]c5ccccc45)CC3)[nH]c2c1. The van der Waals surface area contributed by atoms with Gasteiger partial charge in [-0.05, 0) is 23.8 Å². The molecule has 4 aromatic rings. The Morgan fingerprint density at radius 2 is 1.93 bits per heavy atom. The van der Waals surface area contributed by atoms with E-state index in [0.717, 1.165) is 71.8 Å². The summed E-state index contributed by atoms with van der Waals surface area (Å²) in [4.78, 5) is 28.4. The zero-order chi connectivity index (χ0) is 20.5. The number of methoxy groups -OCH3 is 1. The third-order valence-corrected chi connectivity index (χ3v) is 5.85. The summed E-state index contributed by atoms with van der Waals surface area (Å²) in [5.41, 5.74) is 4.07. The molecule has 1 fully saturated rings. The molecule has 30 heavy (non-hydrogen) atoms. The first-order chi connectivity index (χ1) is 14.7.